The first-order valence-corrected chi connectivity index (χ1v) is 19.5. The molecule has 0 saturated carbocycles. The summed E-state index contributed by atoms with van der Waals surface area (Å²) in [6.07, 6.45) is 0. The fraction of sp³-hybridized carbons (Fsp3) is 0. The zero-order valence-corrected chi connectivity index (χ0v) is 31.2. The van der Waals surface area contributed by atoms with E-state index in [-0.39, 0.29) is 0 Å². The molecule has 0 radical (unpaired) electrons. The summed E-state index contributed by atoms with van der Waals surface area (Å²) < 4.78 is 9.14. The lowest BCUT2D eigenvalue weighted by molar-refractivity contribution is 0.668. The largest absolute Gasteiger partial charge is 0.456 e. The van der Waals surface area contributed by atoms with Crippen molar-refractivity contribution in [2.75, 3.05) is 0 Å². The standard InChI is InChI=1S/C53H32N4O/c1-3-13-33(14-4-1)34-23-25-37(26-24-34)52-54-51(36-16-5-2-6-17-36)55-53(56-52)45-31-40(32-48-49(45)43-21-11-12-22-47(43)58-48)57-46-30-39-19-8-7-18-38(39)29-44(46)42-28-27-35-15-9-10-20-41(35)50(42)57/h1-32H. The number of fused-ring (bicyclic) bond motifs is 9. The summed E-state index contributed by atoms with van der Waals surface area (Å²) in [5.41, 5.74) is 9.78. The third kappa shape index (κ3) is 5.14. The lowest BCUT2D eigenvalue weighted by Gasteiger charge is -2.14. The van der Waals surface area contributed by atoms with E-state index in [1.165, 1.54) is 32.3 Å². The molecule has 0 atom stereocenters. The van der Waals surface area contributed by atoms with Crippen LogP contribution >= 0.6 is 0 Å². The highest BCUT2D eigenvalue weighted by molar-refractivity contribution is 6.21. The average Bonchev–Trinajstić information content (AvgIpc) is 3.84. The van der Waals surface area contributed by atoms with Crippen LogP contribution in [-0.4, -0.2) is 19.5 Å². The molecule has 58 heavy (non-hydrogen) atoms. The Morgan fingerprint density at radius 3 is 1.69 bits per heavy atom. The van der Waals surface area contributed by atoms with Crippen molar-refractivity contribution in [3.8, 4) is 51.0 Å². The van der Waals surface area contributed by atoms with Crippen molar-refractivity contribution in [2.24, 2.45) is 0 Å². The van der Waals surface area contributed by atoms with Crippen LogP contribution in [0.5, 0.6) is 0 Å². The van der Waals surface area contributed by atoms with Crippen molar-refractivity contribution in [1.29, 1.82) is 0 Å². The average molecular weight is 741 g/mol. The first-order chi connectivity index (χ1) is 28.7. The van der Waals surface area contributed by atoms with Gasteiger partial charge in [-0.05, 0) is 51.6 Å². The summed E-state index contributed by atoms with van der Waals surface area (Å²) in [6.45, 7) is 0. The first kappa shape index (κ1) is 32.4. The molecular weight excluding hydrogens is 709 g/mol. The second-order valence-electron chi connectivity index (χ2n) is 14.8. The molecule has 0 N–H and O–H groups in total. The molecule has 5 nitrogen and oxygen atoms in total. The minimum Gasteiger partial charge on any atom is -0.456 e. The van der Waals surface area contributed by atoms with Crippen molar-refractivity contribution in [2.45, 2.75) is 0 Å². The zero-order valence-electron chi connectivity index (χ0n) is 31.2. The number of hydrogen-bond donors (Lipinski definition) is 0. The molecule has 9 aromatic carbocycles. The summed E-state index contributed by atoms with van der Waals surface area (Å²) in [7, 11) is 0. The van der Waals surface area contributed by atoms with Crippen LogP contribution in [0.2, 0.25) is 0 Å². The van der Waals surface area contributed by atoms with Gasteiger partial charge in [-0.25, -0.2) is 15.0 Å². The van der Waals surface area contributed by atoms with Crippen LogP contribution in [0.1, 0.15) is 0 Å². The molecule has 0 fully saturated rings. The molecule has 0 saturated heterocycles. The minimum absolute atomic E-state index is 0.575. The monoisotopic (exact) mass is 740 g/mol. The number of hydrogen-bond acceptors (Lipinski definition) is 4. The highest BCUT2D eigenvalue weighted by atomic mass is 16.3. The van der Waals surface area contributed by atoms with Gasteiger partial charge in [0.1, 0.15) is 11.2 Å². The maximum absolute atomic E-state index is 6.74. The van der Waals surface area contributed by atoms with Gasteiger partial charge in [0, 0.05) is 49.7 Å². The smallest absolute Gasteiger partial charge is 0.164 e. The van der Waals surface area contributed by atoms with E-state index in [0.717, 1.165) is 66.5 Å². The highest BCUT2D eigenvalue weighted by Crippen LogP contribution is 2.43. The quantitative estimate of drug-likeness (QED) is 0.176. The number of benzene rings is 9. The maximum atomic E-state index is 6.74. The van der Waals surface area contributed by atoms with Crippen LogP contribution in [0.3, 0.4) is 0 Å². The van der Waals surface area contributed by atoms with Gasteiger partial charge in [-0.15, -0.1) is 0 Å². The Labute approximate surface area is 333 Å². The first-order valence-electron chi connectivity index (χ1n) is 19.5. The van der Waals surface area contributed by atoms with Gasteiger partial charge in [-0.3, -0.25) is 0 Å². The second kappa shape index (κ2) is 12.8. The van der Waals surface area contributed by atoms with Crippen LogP contribution in [0.25, 0.3) is 116 Å². The normalized spacial score (nSPS) is 11.8. The Kier molecular flexibility index (Phi) is 7.16. The van der Waals surface area contributed by atoms with Crippen molar-refractivity contribution < 1.29 is 4.42 Å². The SMILES string of the molecule is c1ccc(-c2ccc(-c3nc(-c4ccccc4)nc(-c4cc(-n5c6cc7ccccc7cc6c6ccc7ccccc7c65)cc5oc6ccccc6c45)n3)cc2)cc1. The molecule has 0 spiro atoms. The number of aromatic nitrogens is 4. The van der Waals surface area contributed by atoms with E-state index in [4.69, 9.17) is 19.4 Å². The van der Waals surface area contributed by atoms with Crippen LogP contribution in [0, 0.1) is 0 Å². The van der Waals surface area contributed by atoms with Crippen molar-refractivity contribution in [1.82, 2.24) is 19.5 Å². The summed E-state index contributed by atoms with van der Waals surface area (Å²) in [5, 5.41) is 9.11. The van der Waals surface area contributed by atoms with Gasteiger partial charge in [-0.2, -0.15) is 0 Å². The Bertz CT molecular complexity index is 3550. The van der Waals surface area contributed by atoms with Crippen molar-refractivity contribution in [3.63, 3.8) is 0 Å². The van der Waals surface area contributed by atoms with E-state index in [9.17, 15) is 0 Å². The molecule has 0 unspecified atom stereocenters. The third-order valence-corrected chi connectivity index (χ3v) is 11.4. The number of nitrogens with zero attached hydrogens (tertiary/aromatic N) is 4. The Hall–Kier alpha value is -7.89. The van der Waals surface area contributed by atoms with Crippen LogP contribution in [0.4, 0.5) is 0 Å². The maximum Gasteiger partial charge on any atom is 0.164 e. The number of rotatable bonds is 5. The molecule has 0 amide bonds. The minimum atomic E-state index is 0.575. The van der Waals surface area contributed by atoms with Crippen LogP contribution < -0.4 is 0 Å². The third-order valence-electron chi connectivity index (χ3n) is 11.4. The number of para-hydroxylation sites is 1. The molecule has 0 aliphatic rings. The van der Waals surface area contributed by atoms with Gasteiger partial charge in [-0.1, -0.05) is 164 Å². The highest BCUT2D eigenvalue weighted by Gasteiger charge is 2.22. The van der Waals surface area contributed by atoms with E-state index in [2.05, 4.69) is 150 Å². The van der Waals surface area contributed by atoms with Gasteiger partial charge >= 0.3 is 0 Å². The molecule has 0 aliphatic heterocycles. The van der Waals surface area contributed by atoms with Gasteiger partial charge in [0.2, 0.25) is 0 Å². The molecule has 0 aliphatic carbocycles. The molecule has 5 heteroatoms. The molecule has 270 valence electrons. The van der Waals surface area contributed by atoms with Crippen LogP contribution in [-0.2, 0) is 0 Å². The Morgan fingerprint density at radius 1 is 0.362 bits per heavy atom. The molecule has 3 heterocycles. The molecule has 0 bridgehead atoms. The number of furan rings is 1. The molecule has 12 rings (SSSR count). The van der Waals surface area contributed by atoms with E-state index >= 15 is 0 Å². The molecule has 3 aromatic heterocycles. The van der Waals surface area contributed by atoms with Crippen molar-refractivity contribution in [3.05, 3.63) is 194 Å². The summed E-state index contributed by atoms with van der Waals surface area (Å²) >= 11 is 0. The summed E-state index contributed by atoms with van der Waals surface area (Å²) in [6, 6.07) is 68.0. The van der Waals surface area contributed by atoms with E-state index in [1.54, 1.807) is 0 Å². The van der Waals surface area contributed by atoms with Gasteiger partial charge in [0.25, 0.3) is 0 Å². The van der Waals surface area contributed by atoms with Gasteiger partial charge in [0.15, 0.2) is 17.5 Å². The summed E-state index contributed by atoms with van der Waals surface area (Å²) in [4.78, 5) is 15.7. The lowest BCUT2D eigenvalue weighted by atomic mass is 10.0. The topological polar surface area (TPSA) is 56.7 Å². The van der Waals surface area contributed by atoms with E-state index in [0.29, 0.717) is 17.5 Å². The Morgan fingerprint density at radius 2 is 0.931 bits per heavy atom. The molecule has 12 aromatic rings. The lowest BCUT2D eigenvalue weighted by Crippen LogP contribution is -2.02. The predicted molar refractivity (Wildman–Crippen MR) is 238 cm³/mol. The summed E-state index contributed by atoms with van der Waals surface area (Å²) in [5.74, 6) is 1.78. The van der Waals surface area contributed by atoms with E-state index < -0.39 is 0 Å². The predicted octanol–water partition coefficient (Wildman–Crippen LogP) is 13.8. The molecular formula is C53H32N4O. The Balaban J connectivity index is 1.17. The fourth-order valence-electron chi connectivity index (χ4n) is 8.66. The van der Waals surface area contributed by atoms with Gasteiger partial charge in [0.05, 0.1) is 16.7 Å². The van der Waals surface area contributed by atoms with Crippen molar-refractivity contribution >= 4 is 65.3 Å². The fourth-order valence-corrected chi connectivity index (χ4v) is 8.66. The van der Waals surface area contributed by atoms with Gasteiger partial charge < -0.3 is 8.98 Å². The second-order valence-corrected chi connectivity index (χ2v) is 14.8. The van der Waals surface area contributed by atoms with Crippen LogP contribution in [0.15, 0.2) is 199 Å². The zero-order chi connectivity index (χ0) is 38.2. The van der Waals surface area contributed by atoms with E-state index in [1.807, 2.05) is 48.5 Å².